The number of hydrogen-bond donors (Lipinski definition) is 1. The summed E-state index contributed by atoms with van der Waals surface area (Å²) in [5.41, 5.74) is 7.88. The zero-order chi connectivity index (χ0) is 15.2. The van der Waals surface area contributed by atoms with Crippen LogP contribution < -0.4 is 5.73 Å². The van der Waals surface area contributed by atoms with E-state index in [9.17, 15) is 0 Å². The topological polar surface area (TPSA) is 29.3 Å². The van der Waals surface area contributed by atoms with Crippen LogP contribution in [0.25, 0.3) is 0 Å². The molecule has 0 radical (unpaired) electrons. The van der Waals surface area contributed by atoms with Crippen LogP contribution in [0.1, 0.15) is 64.0 Å². The first kappa shape index (κ1) is 17.0. The first-order chi connectivity index (χ1) is 10.2. The minimum atomic E-state index is 0.196. The molecule has 2 nitrogen and oxygen atoms in total. The highest BCUT2D eigenvalue weighted by atomic mass is 79.9. The summed E-state index contributed by atoms with van der Waals surface area (Å²) >= 11 is 3.61. The Labute approximate surface area is 138 Å². The van der Waals surface area contributed by atoms with Crippen molar-refractivity contribution in [2.75, 3.05) is 6.54 Å². The van der Waals surface area contributed by atoms with Gasteiger partial charge in [-0.1, -0.05) is 61.2 Å². The van der Waals surface area contributed by atoms with E-state index in [1.54, 1.807) is 0 Å². The van der Waals surface area contributed by atoms with Crippen LogP contribution in [0, 0.1) is 0 Å². The predicted molar refractivity (Wildman–Crippen MR) is 94.4 cm³/mol. The Morgan fingerprint density at radius 1 is 1.24 bits per heavy atom. The van der Waals surface area contributed by atoms with Crippen molar-refractivity contribution < 1.29 is 0 Å². The van der Waals surface area contributed by atoms with E-state index in [1.807, 2.05) is 0 Å². The molecule has 0 spiro atoms. The van der Waals surface area contributed by atoms with Gasteiger partial charge in [0.1, 0.15) is 0 Å². The van der Waals surface area contributed by atoms with Crippen molar-refractivity contribution >= 4 is 15.9 Å². The molecule has 2 N–H and O–H groups in total. The quantitative estimate of drug-likeness (QED) is 0.790. The molecule has 1 fully saturated rings. The van der Waals surface area contributed by atoms with Gasteiger partial charge < -0.3 is 5.73 Å². The third-order valence-corrected chi connectivity index (χ3v) is 5.33. The third-order valence-electron chi connectivity index (χ3n) is 4.83. The number of nitrogens with two attached hydrogens (primary N) is 1. The molecule has 1 aromatic rings. The van der Waals surface area contributed by atoms with Crippen LogP contribution >= 0.6 is 15.9 Å². The summed E-state index contributed by atoms with van der Waals surface area (Å²) in [7, 11) is 0. The normalized spacial score (nSPS) is 19.7. The second-order valence-corrected chi connectivity index (χ2v) is 7.11. The van der Waals surface area contributed by atoms with Crippen LogP contribution in [0.3, 0.4) is 0 Å². The lowest BCUT2D eigenvalue weighted by Crippen LogP contribution is -2.46. The molecule has 2 unspecified atom stereocenters. The van der Waals surface area contributed by atoms with Gasteiger partial charge in [-0.2, -0.15) is 0 Å². The Kier molecular flexibility index (Phi) is 6.72. The van der Waals surface area contributed by atoms with Gasteiger partial charge in [-0.25, -0.2) is 0 Å². The molecule has 0 heterocycles. The van der Waals surface area contributed by atoms with E-state index in [1.165, 1.54) is 37.7 Å². The van der Waals surface area contributed by atoms with Crippen LogP contribution in [0.15, 0.2) is 28.7 Å². The molecule has 1 aliphatic rings. The van der Waals surface area contributed by atoms with E-state index >= 15 is 0 Å². The first-order valence-electron chi connectivity index (χ1n) is 8.44. The number of nitrogens with zero attached hydrogens (tertiary/aromatic N) is 1. The zero-order valence-electron chi connectivity index (χ0n) is 13.4. The number of likely N-dealkylation sites (N-methyl/N-ethyl adjacent to an activating group) is 1. The smallest absolute Gasteiger partial charge is 0.0502 e. The van der Waals surface area contributed by atoms with E-state index in [-0.39, 0.29) is 6.04 Å². The van der Waals surface area contributed by atoms with Gasteiger partial charge in [0.05, 0.1) is 6.04 Å². The fourth-order valence-electron chi connectivity index (χ4n) is 3.69. The molecule has 0 aliphatic heterocycles. The van der Waals surface area contributed by atoms with Crippen molar-refractivity contribution in [1.82, 2.24) is 4.90 Å². The van der Waals surface area contributed by atoms with Gasteiger partial charge in [0, 0.05) is 16.6 Å². The average Bonchev–Trinajstić information content (AvgIpc) is 2.52. The van der Waals surface area contributed by atoms with E-state index in [2.05, 4.69) is 58.9 Å². The molecule has 1 saturated carbocycles. The van der Waals surface area contributed by atoms with Crippen molar-refractivity contribution in [3.63, 3.8) is 0 Å². The molecule has 21 heavy (non-hydrogen) atoms. The van der Waals surface area contributed by atoms with Gasteiger partial charge in [0.2, 0.25) is 0 Å². The fraction of sp³-hybridized carbons (Fsp3) is 0.667. The molecule has 1 aliphatic carbocycles. The minimum absolute atomic E-state index is 0.196. The summed E-state index contributed by atoms with van der Waals surface area (Å²) in [4.78, 5) is 2.66. The maximum absolute atomic E-state index is 6.53. The summed E-state index contributed by atoms with van der Waals surface area (Å²) in [6.45, 7) is 5.56. The second-order valence-electron chi connectivity index (χ2n) is 6.19. The summed E-state index contributed by atoms with van der Waals surface area (Å²) in [6.07, 6.45) is 7.81. The van der Waals surface area contributed by atoms with Crippen LogP contribution in [0.4, 0.5) is 0 Å². The molecule has 3 heteroatoms. The van der Waals surface area contributed by atoms with Gasteiger partial charge >= 0.3 is 0 Å². The van der Waals surface area contributed by atoms with Crippen LogP contribution in [0.2, 0.25) is 0 Å². The Morgan fingerprint density at radius 3 is 2.52 bits per heavy atom. The number of benzene rings is 1. The van der Waals surface area contributed by atoms with Crippen molar-refractivity contribution in [2.24, 2.45) is 5.73 Å². The molecule has 0 aromatic heterocycles. The third kappa shape index (κ3) is 4.30. The lowest BCUT2D eigenvalue weighted by atomic mass is 9.89. The molecular weight excluding hydrogens is 324 g/mol. The minimum Gasteiger partial charge on any atom is -0.326 e. The second kappa shape index (κ2) is 8.30. The monoisotopic (exact) mass is 352 g/mol. The Balaban J connectivity index is 2.28. The standard InChI is InChI=1S/C18H29BrN2/c1-3-17(20)18(14-9-8-10-15(19)13-14)21(4-2)16-11-6-5-7-12-16/h8-10,13,16-18H,3-7,11-12,20H2,1-2H3. The highest BCUT2D eigenvalue weighted by Gasteiger charge is 2.30. The highest BCUT2D eigenvalue weighted by Crippen LogP contribution is 2.33. The van der Waals surface area contributed by atoms with Crippen molar-refractivity contribution in [1.29, 1.82) is 0 Å². The summed E-state index contributed by atoms with van der Waals surface area (Å²) in [6, 6.07) is 9.92. The molecule has 118 valence electrons. The molecule has 0 amide bonds. The lowest BCUT2D eigenvalue weighted by Gasteiger charge is -2.42. The van der Waals surface area contributed by atoms with Gasteiger partial charge in [-0.3, -0.25) is 4.90 Å². The molecule has 2 atom stereocenters. The van der Waals surface area contributed by atoms with E-state index in [0.717, 1.165) is 17.4 Å². The number of halogens is 1. The van der Waals surface area contributed by atoms with Crippen molar-refractivity contribution in [3.05, 3.63) is 34.3 Å². The Bertz CT molecular complexity index is 429. The molecule has 0 saturated heterocycles. The number of hydrogen-bond acceptors (Lipinski definition) is 2. The number of rotatable bonds is 6. The summed E-state index contributed by atoms with van der Waals surface area (Å²) in [5.74, 6) is 0. The van der Waals surface area contributed by atoms with Crippen LogP contribution in [-0.2, 0) is 0 Å². The van der Waals surface area contributed by atoms with E-state index in [0.29, 0.717) is 12.1 Å². The molecular formula is C18H29BrN2. The first-order valence-corrected chi connectivity index (χ1v) is 9.23. The maximum atomic E-state index is 6.53. The van der Waals surface area contributed by atoms with E-state index in [4.69, 9.17) is 5.73 Å². The van der Waals surface area contributed by atoms with Crippen molar-refractivity contribution in [3.8, 4) is 0 Å². The lowest BCUT2D eigenvalue weighted by molar-refractivity contribution is 0.0931. The van der Waals surface area contributed by atoms with Crippen molar-refractivity contribution in [2.45, 2.75) is 70.5 Å². The Hall–Kier alpha value is -0.380. The average molecular weight is 353 g/mol. The summed E-state index contributed by atoms with van der Waals surface area (Å²) in [5, 5.41) is 0. The van der Waals surface area contributed by atoms with Gasteiger partial charge in [-0.05, 0) is 43.5 Å². The summed E-state index contributed by atoms with van der Waals surface area (Å²) < 4.78 is 1.15. The SMILES string of the molecule is CCC(N)C(c1cccc(Br)c1)N(CC)C1CCCCC1. The largest absolute Gasteiger partial charge is 0.326 e. The van der Waals surface area contributed by atoms with Crippen LogP contribution in [-0.4, -0.2) is 23.5 Å². The van der Waals surface area contributed by atoms with Crippen LogP contribution in [0.5, 0.6) is 0 Å². The Morgan fingerprint density at radius 2 is 1.95 bits per heavy atom. The van der Waals surface area contributed by atoms with E-state index < -0.39 is 0 Å². The maximum Gasteiger partial charge on any atom is 0.0502 e. The zero-order valence-corrected chi connectivity index (χ0v) is 15.0. The van der Waals surface area contributed by atoms with Gasteiger partial charge in [0.15, 0.2) is 0 Å². The molecule has 1 aromatic carbocycles. The highest BCUT2D eigenvalue weighted by molar-refractivity contribution is 9.10. The van der Waals surface area contributed by atoms with Gasteiger partial charge in [-0.15, -0.1) is 0 Å². The fourth-order valence-corrected chi connectivity index (χ4v) is 4.11. The molecule has 0 bridgehead atoms. The molecule has 2 rings (SSSR count). The predicted octanol–water partition coefficient (Wildman–Crippen LogP) is 4.88. The van der Waals surface area contributed by atoms with Gasteiger partial charge in [0.25, 0.3) is 0 Å².